The minimum atomic E-state index is -0.698. The zero-order valence-electron chi connectivity index (χ0n) is 10.8. The summed E-state index contributed by atoms with van der Waals surface area (Å²) in [6.07, 6.45) is 1.82. The fourth-order valence-electron chi connectivity index (χ4n) is 1.80. The molecule has 0 unspecified atom stereocenters. The first-order chi connectivity index (χ1) is 8.56. The van der Waals surface area contributed by atoms with Gasteiger partial charge in [0.2, 0.25) is 0 Å². The quantitative estimate of drug-likeness (QED) is 0.754. The van der Waals surface area contributed by atoms with Crippen LogP contribution < -0.4 is 5.32 Å². The number of hydrogen-bond donors (Lipinski definition) is 3. The highest BCUT2D eigenvalue weighted by molar-refractivity contribution is 5.62. The molecule has 0 bridgehead atoms. The maximum absolute atomic E-state index is 9.65. The van der Waals surface area contributed by atoms with Gasteiger partial charge in [-0.1, -0.05) is 30.3 Å². The summed E-state index contributed by atoms with van der Waals surface area (Å²) in [5.41, 5.74) is 2.55. The summed E-state index contributed by atoms with van der Waals surface area (Å²) in [4.78, 5) is 0. The lowest BCUT2D eigenvalue weighted by atomic mass is 10.1. The number of aromatic nitrogens is 2. The van der Waals surface area contributed by atoms with Crippen LogP contribution in [-0.2, 0) is 6.54 Å². The zero-order chi connectivity index (χ0) is 13.0. The summed E-state index contributed by atoms with van der Waals surface area (Å²) >= 11 is 0. The van der Waals surface area contributed by atoms with Crippen molar-refractivity contribution in [1.29, 1.82) is 0 Å². The molecule has 0 fully saturated rings. The first-order valence-electron chi connectivity index (χ1n) is 6.07. The molecule has 1 aromatic heterocycles. The Morgan fingerprint density at radius 3 is 2.67 bits per heavy atom. The summed E-state index contributed by atoms with van der Waals surface area (Å²) in [5.74, 6) is 0. The van der Waals surface area contributed by atoms with Gasteiger partial charge >= 0.3 is 0 Å². The molecule has 0 aliphatic rings. The van der Waals surface area contributed by atoms with Crippen molar-refractivity contribution >= 4 is 0 Å². The molecule has 96 valence electrons. The summed E-state index contributed by atoms with van der Waals surface area (Å²) in [6, 6.07) is 10.1. The topological polar surface area (TPSA) is 60.9 Å². The van der Waals surface area contributed by atoms with Crippen LogP contribution in [-0.4, -0.2) is 27.4 Å². The van der Waals surface area contributed by atoms with Crippen molar-refractivity contribution in [2.24, 2.45) is 0 Å². The Morgan fingerprint density at radius 2 is 2.00 bits per heavy atom. The van der Waals surface area contributed by atoms with Gasteiger partial charge in [0, 0.05) is 18.7 Å². The zero-order valence-corrected chi connectivity index (χ0v) is 10.8. The second-order valence-corrected chi connectivity index (χ2v) is 5.05. The van der Waals surface area contributed by atoms with Crippen LogP contribution in [0.3, 0.4) is 0 Å². The molecule has 0 aliphatic carbocycles. The van der Waals surface area contributed by atoms with E-state index in [1.807, 2.05) is 36.5 Å². The van der Waals surface area contributed by atoms with E-state index in [0.717, 1.165) is 16.8 Å². The second-order valence-electron chi connectivity index (χ2n) is 5.05. The molecular formula is C14H19N3O. The van der Waals surface area contributed by atoms with E-state index < -0.39 is 5.60 Å². The number of hydrogen-bond acceptors (Lipinski definition) is 3. The van der Waals surface area contributed by atoms with E-state index in [9.17, 15) is 5.11 Å². The van der Waals surface area contributed by atoms with Gasteiger partial charge in [0.25, 0.3) is 0 Å². The van der Waals surface area contributed by atoms with Gasteiger partial charge in [0.05, 0.1) is 17.5 Å². The second kappa shape index (κ2) is 5.33. The average molecular weight is 245 g/mol. The van der Waals surface area contributed by atoms with Gasteiger partial charge in [-0.05, 0) is 19.4 Å². The molecular weight excluding hydrogens is 226 g/mol. The maximum Gasteiger partial charge on any atom is 0.0715 e. The monoisotopic (exact) mass is 245 g/mol. The highest BCUT2D eigenvalue weighted by atomic mass is 16.3. The van der Waals surface area contributed by atoms with E-state index in [2.05, 4.69) is 15.5 Å². The van der Waals surface area contributed by atoms with Gasteiger partial charge in [-0.3, -0.25) is 5.10 Å². The van der Waals surface area contributed by atoms with Gasteiger partial charge in [-0.2, -0.15) is 5.10 Å². The van der Waals surface area contributed by atoms with Crippen molar-refractivity contribution < 1.29 is 5.11 Å². The molecule has 0 saturated carbocycles. The number of H-pyrrole nitrogens is 1. The highest BCUT2D eigenvalue weighted by Gasteiger charge is 2.12. The lowest BCUT2D eigenvalue weighted by molar-refractivity contribution is 0.0795. The maximum atomic E-state index is 9.65. The number of benzene rings is 1. The van der Waals surface area contributed by atoms with Crippen LogP contribution >= 0.6 is 0 Å². The number of nitrogens with zero attached hydrogens (tertiary/aromatic N) is 1. The number of nitrogens with one attached hydrogen (secondary N) is 2. The number of rotatable bonds is 5. The largest absolute Gasteiger partial charge is 0.389 e. The lowest BCUT2D eigenvalue weighted by Crippen LogP contribution is -2.34. The Morgan fingerprint density at radius 1 is 1.28 bits per heavy atom. The predicted octanol–water partition coefficient (Wildman–Crippen LogP) is 1.94. The predicted molar refractivity (Wildman–Crippen MR) is 72.0 cm³/mol. The third kappa shape index (κ3) is 3.42. The van der Waals surface area contributed by atoms with Crippen LogP contribution in [0.4, 0.5) is 0 Å². The van der Waals surface area contributed by atoms with E-state index in [-0.39, 0.29) is 0 Å². The Bertz CT molecular complexity index is 485. The van der Waals surface area contributed by atoms with Gasteiger partial charge in [-0.25, -0.2) is 0 Å². The van der Waals surface area contributed by atoms with Gasteiger partial charge in [0.15, 0.2) is 0 Å². The third-order valence-corrected chi connectivity index (χ3v) is 2.65. The first-order valence-corrected chi connectivity index (χ1v) is 6.07. The van der Waals surface area contributed by atoms with Crippen LogP contribution in [0.25, 0.3) is 11.3 Å². The summed E-state index contributed by atoms with van der Waals surface area (Å²) in [5, 5.41) is 20.0. The molecule has 2 aromatic rings. The van der Waals surface area contributed by atoms with Gasteiger partial charge < -0.3 is 10.4 Å². The fourth-order valence-corrected chi connectivity index (χ4v) is 1.80. The molecule has 1 aromatic carbocycles. The van der Waals surface area contributed by atoms with Gasteiger partial charge in [-0.15, -0.1) is 0 Å². The number of aliphatic hydroxyl groups is 1. The van der Waals surface area contributed by atoms with Crippen molar-refractivity contribution in [2.45, 2.75) is 26.0 Å². The molecule has 0 radical (unpaired) electrons. The molecule has 0 aliphatic heterocycles. The van der Waals surface area contributed by atoms with Gasteiger partial charge in [0.1, 0.15) is 0 Å². The van der Waals surface area contributed by atoms with Crippen LogP contribution in [0, 0.1) is 0 Å². The first kappa shape index (κ1) is 12.8. The molecule has 3 N–H and O–H groups in total. The molecule has 0 spiro atoms. The Kier molecular flexibility index (Phi) is 3.79. The molecule has 0 saturated heterocycles. The number of aromatic amines is 1. The summed E-state index contributed by atoms with van der Waals surface area (Å²) in [7, 11) is 0. The highest BCUT2D eigenvalue weighted by Crippen LogP contribution is 2.20. The minimum Gasteiger partial charge on any atom is -0.389 e. The standard InChI is InChI=1S/C14H19N3O/c1-14(2,18)10-15-8-12-9-16-17-13(12)11-6-4-3-5-7-11/h3-7,9,15,18H,8,10H2,1-2H3,(H,16,17). The van der Waals surface area contributed by atoms with Crippen molar-refractivity contribution in [3.05, 3.63) is 42.1 Å². The van der Waals surface area contributed by atoms with Crippen molar-refractivity contribution in [2.75, 3.05) is 6.54 Å². The van der Waals surface area contributed by atoms with E-state index in [4.69, 9.17) is 0 Å². The fraction of sp³-hybridized carbons (Fsp3) is 0.357. The van der Waals surface area contributed by atoms with E-state index in [1.165, 1.54) is 0 Å². The van der Waals surface area contributed by atoms with Crippen LogP contribution in [0.2, 0.25) is 0 Å². The van der Waals surface area contributed by atoms with Crippen molar-refractivity contribution in [1.82, 2.24) is 15.5 Å². The minimum absolute atomic E-state index is 0.548. The Hall–Kier alpha value is -1.65. The molecule has 1 heterocycles. The van der Waals surface area contributed by atoms with E-state index >= 15 is 0 Å². The third-order valence-electron chi connectivity index (χ3n) is 2.65. The molecule has 4 heteroatoms. The average Bonchev–Trinajstić information content (AvgIpc) is 2.77. The van der Waals surface area contributed by atoms with E-state index in [1.54, 1.807) is 13.8 Å². The van der Waals surface area contributed by atoms with Crippen LogP contribution in [0.5, 0.6) is 0 Å². The SMILES string of the molecule is CC(C)(O)CNCc1cn[nH]c1-c1ccccc1. The van der Waals surface area contributed by atoms with Crippen LogP contribution in [0.15, 0.2) is 36.5 Å². The van der Waals surface area contributed by atoms with Crippen molar-refractivity contribution in [3.8, 4) is 11.3 Å². The van der Waals surface area contributed by atoms with Crippen LogP contribution in [0.1, 0.15) is 19.4 Å². The summed E-state index contributed by atoms with van der Waals surface area (Å²) in [6.45, 7) is 4.80. The molecule has 0 amide bonds. The van der Waals surface area contributed by atoms with E-state index in [0.29, 0.717) is 13.1 Å². The smallest absolute Gasteiger partial charge is 0.0715 e. The molecule has 0 atom stereocenters. The summed E-state index contributed by atoms with van der Waals surface area (Å²) < 4.78 is 0. The molecule has 2 rings (SSSR count). The van der Waals surface area contributed by atoms with Crippen molar-refractivity contribution in [3.63, 3.8) is 0 Å². The Balaban J connectivity index is 2.05. The normalized spacial score (nSPS) is 11.7. The lowest BCUT2D eigenvalue weighted by Gasteiger charge is -2.17. The molecule has 4 nitrogen and oxygen atoms in total. The Labute approximate surface area is 107 Å². The molecule has 18 heavy (non-hydrogen) atoms.